The average molecular weight is 401 g/mol. The van der Waals surface area contributed by atoms with E-state index in [0.29, 0.717) is 4.47 Å². The molecule has 0 fully saturated rings. The molecule has 0 saturated carbocycles. The topological polar surface area (TPSA) is 12.0 Å². The van der Waals surface area contributed by atoms with E-state index < -0.39 is 0 Å². The second-order valence-corrected chi connectivity index (χ2v) is 6.44. The summed E-state index contributed by atoms with van der Waals surface area (Å²) < 4.78 is 15.0. The van der Waals surface area contributed by atoms with Crippen LogP contribution in [0.25, 0.3) is 0 Å². The van der Waals surface area contributed by atoms with Gasteiger partial charge in [-0.1, -0.05) is 35.0 Å². The SMILES string of the molecule is CCNC(c1ccc(F)c(Br)c1)c1ccc(Br)cc1C. The maximum Gasteiger partial charge on any atom is 0.137 e. The molecule has 0 bridgehead atoms. The van der Waals surface area contributed by atoms with Gasteiger partial charge in [-0.25, -0.2) is 4.39 Å². The summed E-state index contributed by atoms with van der Waals surface area (Å²) >= 11 is 6.74. The number of nitrogens with one attached hydrogen (secondary N) is 1. The van der Waals surface area contributed by atoms with E-state index >= 15 is 0 Å². The number of hydrogen-bond donors (Lipinski definition) is 1. The van der Waals surface area contributed by atoms with E-state index in [2.05, 4.69) is 63.2 Å². The van der Waals surface area contributed by atoms with Gasteiger partial charge in [0, 0.05) is 4.47 Å². The molecule has 2 aromatic rings. The van der Waals surface area contributed by atoms with Crippen molar-refractivity contribution in [3.63, 3.8) is 0 Å². The zero-order valence-corrected chi connectivity index (χ0v) is 14.6. The van der Waals surface area contributed by atoms with Crippen LogP contribution in [0.4, 0.5) is 4.39 Å². The van der Waals surface area contributed by atoms with Gasteiger partial charge in [-0.05, 0) is 70.4 Å². The van der Waals surface area contributed by atoms with Gasteiger partial charge < -0.3 is 5.32 Å². The lowest BCUT2D eigenvalue weighted by atomic mass is 9.95. The fourth-order valence-electron chi connectivity index (χ4n) is 2.27. The smallest absolute Gasteiger partial charge is 0.137 e. The average Bonchev–Trinajstić information content (AvgIpc) is 2.40. The van der Waals surface area contributed by atoms with Crippen LogP contribution < -0.4 is 5.32 Å². The molecule has 0 spiro atoms. The molecule has 0 aliphatic heterocycles. The quantitative estimate of drug-likeness (QED) is 0.728. The first-order chi connectivity index (χ1) is 9.52. The Morgan fingerprint density at radius 3 is 2.50 bits per heavy atom. The highest BCUT2D eigenvalue weighted by atomic mass is 79.9. The fourth-order valence-corrected chi connectivity index (χ4v) is 3.14. The molecule has 1 unspecified atom stereocenters. The molecule has 0 radical (unpaired) electrons. The van der Waals surface area contributed by atoms with Crippen molar-refractivity contribution >= 4 is 31.9 Å². The molecule has 2 rings (SSSR count). The highest BCUT2D eigenvalue weighted by molar-refractivity contribution is 9.10. The van der Waals surface area contributed by atoms with E-state index in [1.165, 1.54) is 17.2 Å². The first kappa shape index (κ1) is 15.7. The van der Waals surface area contributed by atoms with Crippen molar-refractivity contribution in [2.45, 2.75) is 19.9 Å². The van der Waals surface area contributed by atoms with Gasteiger partial charge in [0.25, 0.3) is 0 Å². The molecule has 1 N–H and O–H groups in total. The van der Waals surface area contributed by atoms with Crippen LogP contribution in [-0.4, -0.2) is 6.54 Å². The highest BCUT2D eigenvalue weighted by Crippen LogP contribution is 2.29. The molecule has 106 valence electrons. The van der Waals surface area contributed by atoms with Gasteiger partial charge in [-0.3, -0.25) is 0 Å². The summed E-state index contributed by atoms with van der Waals surface area (Å²) in [7, 11) is 0. The summed E-state index contributed by atoms with van der Waals surface area (Å²) in [5.74, 6) is -0.239. The van der Waals surface area contributed by atoms with Crippen molar-refractivity contribution in [1.29, 1.82) is 0 Å². The molecule has 20 heavy (non-hydrogen) atoms. The standard InChI is InChI=1S/C16H16Br2FN/c1-3-20-16(11-4-7-15(19)14(18)9-11)13-6-5-12(17)8-10(13)2/h4-9,16,20H,3H2,1-2H3. The van der Waals surface area contributed by atoms with Gasteiger partial charge in [0.1, 0.15) is 5.82 Å². The van der Waals surface area contributed by atoms with Crippen LogP contribution in [0.2, 0.25) is 0 Å². The minimum absolute atomic E-state index is 0.0602. The minimum atomic E-state index is -0.239. The van der Waals surface area contributed by atoms with Crippen molar-refractivity contribution < 1.29 is 4.39 Å². The molecule has 0 aromatic heterocycles. The number of aryl methyl sites for hydroxylation is 1. The minimum Gasteiger partial charge on any atom is -0.307 e. The predicted molar refractivity (Wildman–Crippen MR) is 88.5 cm³/mol. The van der Waals surface area contributed by atoms with Crippen LogP contribution in [0.1, 0.15) is 29.7 Å². The van der Waals surface area contributed by atoms with E-state index in [0.717, 1.165) is 16.6 Å². The molecule has 0 heterocycles. The van der Waals surface area contributed by atoms with Crippen LogP contribution in [-0.2, 0) is 0 Å². The number of hydrogen-bond acceptors (Lipinski definition) is 1. The summed E-state index contributed by atoms with van der Waals surface area (Å²) in [6, 6.07) is 11.5. The Morgan fingerprint density at radius 2 is 1.90 bits per heavy atom. The first-order valence-electron chi connectivity index (χ1n) is 6.47. The maximum atomic E-state index is 13.4. The zero-order chi connectivity index (χ0) is 14.7. The van der Waals surface area contributed by atoms with Crippen molar-refractivity contribution in [1.82, 2.24) is 5.32 Å². The lowest BCUT2D eigenvalue weighted by Crippen LogP contribution is -2.22. The van der Waals surface area contributed by atoms with E-state index in [1.54, 1.807) is 0 Å². The van der Waals surface area contributed by atoms with Crippen molar-refractivity contribution in [2.75, 3.05) is 6.54 Å². The fraction of sp³-hybridized carbons (Fsp3) is 0.250. The second kappa shape index (κ2) is 6.83. The van der Waals surface area contributed by atoms with Gasteiger partial charge >= 0.3 is 0 Å². The summed E-state index contributed by atoms with van der Waals surface area (Å²) in [6.07, 6.45) is 0. The largest absolute Gasteiger partial charge is 0.307 e. The van der Waals surface area contributed by atoms with Gasteiger partial charge in [-0.15, -0.1) is 0 Å². The predicted octanol–water partition coefficient (Wildman–Crippen LogP) is 5.36. The summed E-state index contributed by atoms with van der Waals surface area (Å²) in [5.41, 5.74) is 3.45. The van der Waals surface area contributed by atoms with Gasteiger partial charge in [0.15, 0.2) is 0 Å². The molecular formula is C16H16Br2FN. The van der Waals surface area contributed by atoms with Crippen LogP contribution in [0.15, 0.2) is 45.3 Å². The molecule has 0 saturated heterocycles. The molecule has 0 aliphatic rings. The number of rotatable bonds is 4. The van der Waals surface area contributed by atoms with Crippen molar-refractivity contribution in [2.24, 2.45) is 0 Å². The Hall–Kier alpha value is -0.710. The highest BCUT2D eigenvalue weighted by Gasteiger charge is 2.16. The Morgan fingerprint density at radius 1 is 1.15 bits per heavy atom. The van der Waals surface area contributed by atoms with Crippen molar-refractivity contribution in [3.8, 4) is 0 Å². The molecule has 0 aliphatic carbocycles. The van der Waals surface area contributed by atoms with E-state index in [-0.39, 0.29) is 11.9 Å². The molecule has 1 nitrogen and oxygen atoms in total. The molecule has 0 amide bonds. The van der Waals surface area contributed by atoms with Crippen LogP contribution >= 0.6 is 31.9 Å². The third kappa shape index (κ3) is 3.48. The van der Waals surface area contributed by atoms with E-state index in [9.17, 15) is 4.39 Å². The Bertz CT molecular complexity index is 613. The Balaban J connectivity index is 2.47. The second-order valence-electron chi connectivity index (χ2n) is 4.67. The van der Waals surface area contributed by atoms with Crippen LogP contribution in [0, 0.1) is 12.7 Å². The number of benzene rings is 2. The molecule has 4 heteroatoms. The van der Waals surface area contributed by atoms with E-state index in [1.807, 2.05) is 18.2 Å². The van der Waals surface area contributed by atoms with Crippen molar-refractivity contribution in [3.05, 3.63) is 67.9 Å². The lowest BCUT2D eigenvalue weighted by Gasteiger charge is -2.21. The number of halogens is 3. The van der Waals surface area contributed by atoms with Gasteiger partial charge in [0.05, 0.1) is 10.5 Å². The summed E-state index contributed by atoms with van der Waals surface area (Å²) in [5, 5.41) is 3.46. The summed E-state index contributed by atoms with van der Waals surface area (Å²) in [6.45, 7) is 5.00. The molecular weight excluding hydrogens is 385 g/mol. The first-order valence-corrected chi connectivity index (χ1v) is 8.06. The van der Waals surface area contributed by atoms with Crippen LogP contribution in [0.5, 0.6) is 0 Å². The maximum absolute atomic E-state index is 13.4. The monoisotopic (exact) mass is 399 g/mol. The Kier molecular flexibility index (Phi) is 5.35. The van der Waals surface area contributed by atoms with Gasteiger partial charge in [0.2, 0.25) is 0 Å². The summed E-state index contributed by atoms with van der Waals surface area (Å²) in [4.78, 5) is 0. The van der Waals surface area contributed by atoms with Gasteiger partial charge in [-0.2, -0.15) is 0 Å². The third-order valence-corrected chi connectivity index (χ3v) is 4.33. The molecule has 2 aromatic carbocycles. The zero-order valence-electron chi connectivity index (χ0n) is 11.4. The third-order valence-electron chi connectivity index (χ3n) is 3.23. The van der Waals surface area contributed by atoms with E-state index in [4.69, 9.17) is 0 Å². The molecule has 1 atom stereocenters. The normalized spacial score (nSPS) is 12.4. The Labute approximate surface area is 135 Å². The lowest BCUT2D eigenvalue weighted by molar-refractivity contribution is 0.607. The van der Waals surface area contributed by atoms with Crippen LogP contribution in [0.3, 0.4) is 0 Å².